The fraction of sp³-hybridized carbons (Fsp3) is 0.286. The quantitative estimate of drug-likeness (QED) is 0.675. The molecule has 0 heterocycles. The molecule has 0 fully saturated rings. The van der Waals surface area contributed by atoms with Crippen LogP contribution in [0.3, 0.4) is 0 Å². The van der Waals surface area contributed by atoms with E-state index in [-0.39, 0.29) is 5.54 Å². The maximum atomic E-state index is 6.37. The summed E-state index contributed by atoms with van der Waals surface area (Å²) in [6, 6.07) is 7.86. The molecular weight excluding hydrogens is 210 g/mol. The summed E-state index contributed by atoms with van der Waals surface area (Å²) >= 11 is 0. The van der Waals surface area contributed by atoms with Crippen LogP contribution in [0.25, 0.3) is 0 Å². The Morgan fingerprint density at radius 3 is 2.41 bits per heavy atom. The van der Waals surface area contributed by atoms with E-state index in [2.05, 4.69) is 0 Å². The summed E-state index contributed by atoms with van der Waals surface area (Å²) in [6.07, 6.45) is 5.52. The van der Waals surface area contributed by atoms with Gasteiger partial charge in [0, 0.05) is 16.9 Å². The van der Waals surface area contributed by atoms with E-state index in [1.54, 1.807) is 0 Å². The summed E-state index contributed by atoms with van der Waals surface area (Å²) in [5.74, 6) is 0. The van der Waals surface area contributed by atoms with Crippen molar-refractivity contribution in [1.82, 2.24) is 0 Å². The lowest BCUT2D eigenvalue weighted by Crippen LogP contribution is -2.42. The third-order valence-electron chi connectivity index (χ3n) is 3.19. The highest BCUT2D eigenvalue weighted by Crippen LogP contribution is 2.26. The van der Waals surface area contributed by atoms with E-state index >= 15 is 0 Å². The zero-order chi connectivity index (χ0) is 12.5. The van der Waals surface area contributed by atoms with E-state index in [9.17, 15) is 0 Å². The van der Waals surface area contributed by atoms with Gasteiger partial charge in [0.05, 0.1) is 0 Å². The molecule has 0 aromatic heterocycles. The van der Waals surface area contributed by atoms with Crippen LogP contribution in [0.15, 0.2) is 47.7 Å². The first-order valence-corrected chi connectivity index (χ1v) is 5.76. The van der Waals surface area contributed by atoms with E-state index in [0.29, 0.717) is 0 Å². The SMILES string of the molecule is CC1=C(N)C=CC(N)(Cc2ccc(N)cc2)C1. The largest absolute Gasteiger partial charge is 0.399 e. The minimum Gasteiger partial charge on any atom is -0.399 e. The van der Waals surface area contributed by atoms with E-state index in [1.165, 1.54) is 5.56 Å². The Morgan fingerprint density at radius 2 is 1.82 bits per heavy atom. The summed E-state index contributed by atoms with van der Waals surface area (Å²) in [4.78, 5) is 0. The van der Waals surface area contributed by atoms with Crippen molar-refractivity contribution in [3.05, 3.63) is 53.3 Å². The first-order chi connectivity index (χ1) is 7.98. The summed E-state index contributed by atoms with van der Waals surface area (Å²) in [5, 5.41) is 0. The smallest absolute Gasteiger partial charge is 0.0422 e. The molecule has 90 valence electrons. The Bertz CT molecular complexity index is 471. The number of nitrogen functional groups attached to an aromatic ring is 1. The number of nitrogens with two attached hydrogens (primary N) is 3. The van der Waals surface area contributed by atoms with Gasteiger partial charge in [-0.15, -0.1) is 0 Å². The Morgan fingerprint density at radius 1 is 1.18 bits per heavy atom. The number of hydrogen-bond acceptors (Lipinski definition) is 3. The van der Waals surface area contributed by atoms with Gasteiger partial charge in [-0.25, -0.2) is 0 Å². The molecule has 0 saturated carbocycles. The van der Waals surface area contributed by atoms with Gasteiger partial charge in [0.2, 0.25) is 0 Å². The zero-order valence-electron chi connectivity index (χ0n) is 10.1. The van der Waals surface area contributed by atoms with Crippen LogP contribution in [0, 0.1) is 0 Å². The monoisotopic (exact) mass is 229 g/mol. The molecule has 3 heteroatoms. The highest BCUT2D eigenvalue weighted by Gasteiger charge is 2.25. The van der Waals surface area contributed by atoms with Crippen LogP contribution in [0.1, 0.15) is 18.9 Å². The molecule has 0 radical (unpaired) electrons. The van der Waals surface area contributed by atoms with Gasteiger partial charge in [-0.05, 0) is 49.1 Å². The van der Waals surface area contributed by atoms with Gasteiger partial charge in [-0.1, -0.05) is 18.2 Å². The van der Waals surface area contributed by atoms with Crippen molar-refractivity contribution in [3.63, 3.8) is 0 Å². The summed E-state index contributed by atoms with van der Waals surface area (Å²) < 4.78 is 0. The minimum atomic E-state index is -0.330. The molecule has 1 atom stereocenters. The highest BCUT2D eigenvalue weighted by molar-refractivity contribution is 5.41. The predicted octanol–water partition coefficient (Wildman–Crippen LogP) is 1.70. The highest BCUT2D eigenvalue weighted by atomic mass is 14.7. The number of anilines is 1. The molecule has 1 aliphatic rings. The van der Waals surface area contributed by atoms with Crippen molar-refractivity contribution < 1.29 is 0 Å². The second kappa shape index (κ2) is 4.26. The van der Waals surface area contributed by atoms with Crippen LogP contribution in [-0.2, 0) is 6.42 Å². The standard InChI is InChI=1S/C14H19N3/c1-10-8-14(17,7-6-13(10)16)9-11-2-4-12(15)5-3-11/h2-7H,8-9,15-17H2,1H3. The second-order valence-corrected chi connectivity index (χ2v) is 4.90. The third-order valence-corrected chi connectivity index (χ3v) is 3.19. The van der Waals surface area contributed by atoms with Gasteiger partial charge < -0.3 is 17.2 Å². The fourth-order valence-electron chi connectivity index (χ4n) is 2.19. The van der Waals surface area contributed by atoms with Gasteiger partial charge in [0.1, 0.15) is 0 Å². The molecule has 0 amide bonds. The molecule has 0 bridgehead atoms. The van der Waals surface area contributed by atoms with Crippen molar-refractivity contribution in [2.24, 2.45) is 11.5 Å². The fourth-order valence-corrected chi connectivity index (χ4v) is 2.19. The van der Waals surface area contributed by atoms with Crippen LogP contribution in [-0.4, -0.2) is 5.54 Å². The van der Waals surface area contributed by atoms with Crippen molar-refractivity contribution in [3.8, 4) is 0 Å². The van der Waals surface area contributed by atoms with E-state index in [1.807, 2.05) is 43.3 Å². The number of rotatable bonds is 2. The molecule has 1 aromatic carbocycles. The maximum Gasteiger partial charge on any atom is 0.0422 e. The number of hydrogen-bond donors (Lipinski definition) is 3. The molecule has 0 saturated heterocycles. The van der Waals surface area contributed by atoms with Crippen molar-refractivity contribution in [1.29, 1.82) is 0 Å². The lowest BCUT2D eigenvalue weighted by atomic mass is 9.82. The Labute approximate surface area is 102 Å². The van der Waals surface area contributed by atoms with Gasteiger partial charge in [-0.3, -0.25) is 0 Å². The average Bonchev–Trinajstić information content (AvgIpc) is 2.28. The van der Waals surface area contributed by atoms with Gasteiger partial charge in [0.25, 0.3) is 0 Å². The molecule has 1 unspecified atom stereocenters. The van der Waals surface area contributed by atoms with Crippen LogP contribution >= 0.6 is 0 Å². The molecule has 1 aliphatic carbocycles. The first kappa shape index (κ1) is 11.7. The molecule has 0 aliphatic heterocycles. The first-order valence-electron chi connectivity index (χ1n) is 5.76. The Hall–Kier alpha value is -1.74. The molecule has 0 spiro atoms. The molecule has 6 N–H and O–H groups in total. The van der Waals surface area contributed by atoms with Crippen molar-refractivity contribution in [2.45, 2.75) is 25.3 Å². The van der Waals surface area contributed by atoms with Crippen LogP contribution in [0.2, 0.25) is 0 Å². The molecular formula is C14H19N3. The normalized spacial score (nSPS) is 24.1. The van der Waals surface area contributed by atoms with E-state index < -0.39 is 0 Å². The molecule has 1 aromatic rings. The van der Waals surface area contributed by atoms with E-state index in [0.717, 1.165) is 29.8 Å². The van der Waals surface area contributed by atoms with Crippen LogP contribution in [0.4, 0.5) is 5.69 Å². The summed E-state index contributed by atoms with van der Waals surface area (Å²) in [7, 11) is 0. The Balaban J connectivity index is 2.15. The molecule has 2 rings (SSSR count). The predicted molar refractivity (Wildman–Crippen MR) is 72.1 cm³/mol. The number of benzene rings is 1. The summed E-state index contributed by atoms with van der Waals surface area (Å²) in [5.41, 5.74) is 21.5. The lowest BCUT2D eigenvalue weighted by molar-refractivity contribution is 0.511. The second-order valence-electron chi connectivity index (χ2n) is 4.90. The van der Waals surface area contributed by atoms with Crippen molar-refractivity contribution >= 4 is 5.69 Å². The van der Waals surface area contributed by atoms with Gasteiger partial charge >= 0.3 is 0 Å². The van der Waals surface area contributed by atoms with Crippen molar-refractivity contribution in [2.75, 3.05) is 5.73 Å². The lowest BCUT2D eigenvalue weighted by Gasteiger charge is -2.30. The van der Waals surface area contributed by atoms with E-state index in [4.69, 9.17) is 17.2 Å². The minimum absolute atomic E-state index is 0.330. The maximum absolute atomic E-state index is 6.37. The topological polar surface area (TPSA) is 78.1 Å². The van der Waals surface area contributed by atoms with Crippen LogP contribution in [0.5, 0.6) is 0 Å². The van der Waals surface area contributed by atoms with Crippen LogP contribution < -0.4 is 17.2 Å². The molecule has 17 heavy (non-hydrogen) atoms. The average molecular weight is 229 g/mol. The molecule has 3 nitrogen and oxygen atoms in total. The summed E-state index contributed by atoms with van der Waals surface area (Å²) in [6.45, 7) is 2.03. The number of allylic oxidation sites excluding steroid dienone is 1. The Kier molecular flexibility index (Phi) is 2.94. The van der Waals surface area contributed by atoms with Gasteiger partial charge in [0.15, 0.2) is 0 Å². The van der Waals surface area contributed by atoms with Gasteiger partial charge in [-0.2, -0.15) is 0 Å². The third kappa shape index (κ3) is 2.68. The zero-order valence-corrected chi connectivity index (χ0v) is 10.1.